The molecule has 0 aliphatic rings. The Labute approximate surface area is 148 Å². The first-order valence-electron chi connectivity index (χ1n) is 8.73. The van der Waals surface area contributed by atoms with Gasteiger partial charge in [0.05, 0.1) is 0 Å². The van der Waals surface area contributed by atoms with E-state index in [2.05, 4.69) is 29.1 Å². The standard InChI is InChI=1S/C19H25FN4O/c1-3-11-24(12-4-2)19(25)17-13-18(23-14-22-17)21-10-9-15-5-7-16(20)8-6-15/h5-8,13-14H,3-4,9-12H2,1-2H3,(H,21,22,23). The second kappa shape index (κ2) is 9.71. The van der Waals surface area contributed by atoms with Gasteiger partial charge in [0, 0.05) is 25.7 Å². The van der Waals surface area contributed by atoms with E-state index in [1.54, 1.807) is 18.2 Å². The van der Waals surface area contributed by atoms with Crippen LogP contribution in [0.2, 0.25) is 0 Å². The Morgan fingerprint density at radius 2 is 1.80 bits per heavy atom. The van der Waals surface area contributed by atoms with Gasteiger partial charge in [-0.05, 0) is 37.0 Å². The molecule has 0 aliphatic heterocycles. The molecule has 0 fully saturated rings. The fraction of sp³-hybridized carbons (Fsp3) is 0.421. The summed E-state index contributed by atoms with van der Waals surface area (Å²) in [5.41, 5.74) is 1.44. The maximum Gasteiger partial charge on any atom is 0.272 e. The zero-order valence-corrected chi connectivity index (χ0v) is 14.8. The van der Waals surface area contributed by atoms with E-state index in [1.165, 1.54) is 18.5 Å². The van der Waals surface area contributed by atoms with Crippen molar-refractivity contribution in [3.05, 3.63) is 53.7 Å². The fourth-order valence-electron chi connectivity index (χ4n) is 2.57. The van der Waals surface area contributed by atoms with Gasteiger partial charge < -0.3 is 10.2 Å². The van der Waals surface area contributed by atoms with Crippen LogP contribution in [-0.4, -0.2) is 40.4 Å². The van der Waals surface area contributed by atoms with E-state index < -0.39 is 0 Å². The normalized spacial score (nSPS) is 10.5. The van der Waals surface area contributed by atoms with Gasteiger partial charge in [-0.25, -0.2) is 14.4 Å². The van der Waals surface area contributed by atoms with Crippen LogP contribution in [-0.2, 0) is 6.42 Å². The Hall–Kier alpha value is -2.50. The summed E-state index contributed by atoms with van der Waals surface area (Å²) in [4.78, 5) is 22.7. The highest BCUT2D eigenvalue weighted by atomic mass is 19.1. The van der Waals surface area contributed by atoms with Crippen molar-refractivity contribution in [2.45, 2.75) is 33.1 Å². The molecule has 134 valence electrons. The molecule has 1 aromatic carbocycles. The first-order chi connectivity index (χ1) is 12.1. The van der Waals surface area contributed by atoms with Gasteiger partial charge in [-0.1, -0.05) is 26.0 Å². The Morgan fingerprint density at radius 3 is 2.44 bits per heavy atom. The van der Waals surface area contributed by atoms with Crippen LogP contribution in [0.3, 0.4) is 0 Å². The average molecular weight is 344 g/mol. The molecule has 0 atom stereocenters. The molecule has 2 aromatic rings. The van der Waals surface area contributed by atoms with E-state index >= 15 is 0 Å². The molecule has 0 bridgehead atoms. The van der Waals surface area contributed by atoms with Crippen LogP contribution in [0.25, 0.3) is 0 Å². The van der Waals surface area contributed by atoms with Crippen LogP contribution < -0.4 is 5.32 Å². The van der Waals surface area contributed by atoms with Crippen molar-refractivity contribution >= 4 is 11.7 Å². The van der Waals surface area contributed by atoms with Gasteiger partial charge in [0.15, 0.2) is 0 Å². The molecule has 1 aromatic heterocycles. The van der Waals surface area contributed by atoms with Gasteiger partial charge in [0.1, 0.15) is 23.7 Å². The number of carbonyl (C=O) groups excluding carboxylic acids is 1. The minimum absolute atomic E-state index is 0.0623. The molecule has 5 nitrogen and oxygen atoms in total. The van der Waals surface area contributed by atoms with E-state index in [0.29, 0.717) is 18.1 Å². The quantitative estimate of drug-likeness (QED) is 0.756. The number of hydrogen-bond acceptors (Lipinski definition) is 4. The van der Waals surface area contributed by atoms with E-state index in [4.69, 9.17) is 0 Å². The van der Waals surface area contributed by atoms with Gasteiger partial charge in [-0.2, -0.15) is 0 Å². The van der Waals surface area contributed by atoms with Crippen LogP contribution >= 0.6 is 0 Å². The minimum Gasteiger partial charge on any atom is -0.370 e. The lowest BCUT2D eigenvalue weighted by molar-refractivity contribution is 0.0749. The fourth-order valence-corrected chi connectivity index (χ4v) is 2.57. The minimum atomic E-state index is -0.237. The van der Waals surface area contributed by atoms with Crippen molar-refractivity contribution in [2.75, 3.05) is 25.0 Å². The second-order valence-corrected chi connectivity index (χ2v) is 5.88. The maximum atomic E-state index is 12.9. The first kappa shape index (κ1) is 18.8. The molecule has 0 aliphatic carbocycles. The number of anilines is 1. The van der Waals surface area contributed by atoms with Crippen molar-refractivity contribution < 1.29 is 9.18 Å². The average Bonchev–Trinajstić information content (AvgIpc) is 2.63. The van der Waals surface area contributed by atoms with Crippen LogP contribution in [0.15, 0.2) is 36.7 Å². The third-order valence-electron chi connectivity index (χ3n) is 3.79. The SMILES string of the molecule is CCCN(CCC)C(=O)c1cc(NCCc2ccc(F)cc2)ncn1. The van der Waals surface area contributed by atoms with E-state index in [0.717, 1.165) is 37.9 Å². The van der Waals surface area contributed by atoms with Crippen LogP contribution in [0.5, 0.6) is 0 Å². The Balaban J connectivity index is 1.95. The number of halogens is 1. The van der Waals surface area contributed by atoms with Crippen molar-refractivity contribution in [3.8, 4) is 0 Å². The summed E-state index contributed by atoms with van der Waals surface area (Å²) in [7, 11) is 0. The predicted octanol–water partition coefficient (Wildman–Crippen LogP) is 3.53. The molecular formula is C19H25FN4O. The summed E-state index contributed by atoms with van der Waals surface area (Å²) in [5, 5.41) is 3.19. The van der Waals surface area contributed by atoms with Gasteiger partial charge in [0.2, 0.25) is 0 Å². The van der Waals surface area contributed by atoms with Crippen molar-refractivity contribution in [2.24, 2.45) is 0 Å². The number of hydrogen-bond donors (Lipinski definition) is 1. The number of rotatable bonds is 9. The lowest BCUT2D eigenvalue weighted by atomic mass is 10.1. The Bertz CT molecular complexity index is 669. The molecule has 0 saturated heterocycles. The van der Waals surface area contributed by atoms with Gasteiger partial charge in [-0.3, -0.25) is 4.79 Å². The highest BCUT2D eigenvalue weighted by molar-refractivity contribution is 5.92. The topological polar surface area (TPSA) is 58.1 Å². The van der Waals surface area contributed by atoms with Crippen molar-refractivity contribution in [1.29, 1.82) is 0 Å². The number of carbonyl (C=O) groups is 1. The van der Waals surface area contributed by atoms with Crippen LogP contribution in [0.1, 0.15) is 42.7 Å². The first-order valence-corrected chi connectivity index (χ1v) is 8.73. The van der Waals surface area contributed by atoms with E-state index in [1.807, 2.05) is 4.90 Å². The molecule has 6 heteroatoms. The molecule has 2 rings (SSSR count). The lowest BCUT2D eigenvalue weighted by Gasteiger charge is -2.21. The largest absolute Gasteiger partial charge is 0.370 e. The third kappa shape index (κ3) is 5.81. The summed E-state index contributed by atoms with van der Waals surface area (Å²) < 4.78 is 12.9. The van der Waals surface area contributed by atoms with E-state index in [-0.39, 0.29) is 11.7 Å². The summed E-state index contributed by atoms with van der Waals surface area (Å²) in [5.74, 6) is 0.320. The highest BCUT2D eigenvalue weighted by Crippen LogP contribution is 2.09. The molecule has 1 heterocycles. The number of benzene rings is 1. The molecule has 0 saturated carbocycles. The third-order valence-corrected chi connectivity index (χ3v) is 3.79. The Kier molecular flexibility index (Phi) is 7.32. The summed E-state index contributed by atoms with van der Waals surface area (Å²) >= 11 is 0. The Morgan fingerprint density at radius 1 is 1.12 bits per heavy atom. The molecule has 1 N–H and O–H groups in total. The molecule has 0 unspecified atom stereocenters. The number of aromatic nitrogens is 2. The molecule has 0 radical (unpaired) electrons. The van der Waals surface area contributed by atoms with Gasteiger partial charge in [-0.15, -0.1) is 0 Å². The van der Waals surface area contributed by atoms with Crippen molar-refractivity contribution in [1.82, 2.24) is 14.9 Å². The molecule has 25 heavy (non-hydrogen) atoms. The second-order valence-electron chi connectivity index (χ2n) is 5.88. The molecular weight excluding hydrogens is 319 g/mol. The highest BCUT2D eigenvalue weighted by Gasteiger charge is 2.16. The van der Waals surface area contributed by atoms with Crippen molar-refractivity contribution in [3.63, 3.8) is 0 Å². The monoisotopic (exact) mass is 344 g/mol. The molecule has 1 amide bonds. The number of amides is 1. The smallest absolute Gasteiger partial charge is 0.272 e. The van der Waals surface area contributed by atoms with Gasteiger partial charge >= 0.3 is 0 Å². The van der Waals surface area contributed by atoms with Gasteiger partial charge in [0.25, 0.3) is 5.91 Å². The zero-order chi connectivity index (χ0) is 18.1. The number of nitrogens with zero attached hydrogens (tertiary/aromatic N) is 3. The maximum absolute atomic E-state index is 12.9. The zero-order valence-electron chi connectivity index (χ0n) is 14.8. The molecule has 0 spiro atoms. The van der Waals surface area contributed by atoms with E-state index in [9.17, 15) is 9.18 Å². The summed E-state index contributed by atoms with van der Waals surface area (Å²) in [6.45, 7) is 6.20. The predicted molar refractivity (Wildman–Crippen MR) is 97.1 cm³/mol. The van der Waals surface area contributed by atoms with Crippen LogP contribution in [0, 0.1) is 5.82 Å². The van der Waals surface area contributed by atoms with Crippen LogP contribution in [0.4, 0.5) is 10.2 Å². The number of nitrogens with one attached hydrogen (secondary N) is 1. The summed E-state index contributed by atoms with van der Waals surface area (Å²) in [6, 6.07) is 8.11. The lowest BCUT2D eigenvalue weighted by Crippen LogP contribution is -2.33. The summed E-state index contributed by atoms with van der Waals surface area (Å²) in [6.07, 6.45) is 3.98.